The van der Waals surface area contributed by atoms with E-state index in [1.54, 1.807) is 30.4 Å². The van der Waals surface area contributed by atoms with Crippen molar-refractivity contribution in [1.29, 1.82) is 0 Å². The van der Waals surface area contributed by atoms with Crippen molar-refractivity contribution in [3.8, 4) is 0 Å². The summed E-state index contributed by atoms with van der Waals surface area (Å²) in [7, 11) is 1.88. The molecule has 0 aliphatic carbocycles. The van der Waals surface area contributed by atoms with Crippen LogP contribution < -0.4 is 5.32 Å². The van der Waals surface area contributed by atoms with Crippen LogP contribution in [-0.4, -0.2) is 40.0 Å². The van der Waals surface area contributed by atoms with Gasteiger partial charge in [0.15, 0.2) is 0 Å². The molecular formula is C11H19N3OS. The highest BCUT2D eigenvalue weighted by Crippen LogP contribution is 2.18. The van der Waals surface area contributed by atoms with Crippen LogP contribution in [0.3, 0.4) is 0 Å². The molecule has 16 heavy (non-hydrogen) atoms. The molecule has 1 atom stereocenters. The maximum absolute atomic E-state index is 9.21. The number of likely N-dealkylation sites (N-methyl/N-ethyl adjacent to an activating group) is 1. The van der Waals surface area contributed by atoms with Gasteiger partial charge < -0.3 is 10.4 Å². The van der Waals surface area contributed by atoms with Crippen molar-refractivity contribution in [1.82, 2.24) is 15.3 Å². The van der Waals surface area contributed by atoms with Crippen LogP contribution in [0.4, 0.5) is 0 Å². The lowest BCUT2D eigenvalue weighted by Crippen LogP contribution is -2.43. The first-order valence-corrected chi connectivity index (χ1v) is 6.37. The summed E-state index contributed by atoms with van der Waals surface area (Å²) in [6.45, 7) is 2.19. The van der Waals surface area contributed by atoms with Gasteiger partial charge in [-0.1, -0.05) is 0 Å². The molecule has 0 radical (unpaired) electrons. The van der Waals surface area contributed by atoms with Gasteiger partial charge in [-0.3, -0.25) is 4.98 Å². The zero-order chi connectivity index (χ0) is 11.9. The highest BCUT2D eigenvalue weighted by Gasteiger charge is 2.19. The Labute approximate surface area is 101 Å². The fourth-order valence-corrected chi connectivity index (χ4v) is 2.05. The van der Waals surface area contributed by atoms with Crippen molar-refractivity contribution in [3.63, 3.8) is 0 Å². The minimum atomic E-state index is -0.164. The van der Waals surface area contributed by atoms with Gasteiger partial charge >= 0.3 is 0 Å². The van der Waals surface area contributed by atoms with Crippen LogP contribution in [0.15, 0.2) is 23.6 Å². The number of aliphatic hydroxyl groups excluding tert-OH is 1. The molecule has 1 unspecified atom stereocenters. The van der Waals surface area contributed by atoms with Crippen molar-refractivity contribution in [2.45, 2.75) is 30.3 Å². The zero-order valence-electron chi connectivity index (χ0n) is 9.81. The van der Waals surface area contributed by atoms with Crippen LogP contribution >= 0.6 is 11.8 Å². The lowest BCUT2D eigenvalue weighted by atomic mass is 9.98. The van der Waals surface area contributed by atoms with E-state index in [0.717, 1.165) is 23.6 Å². The van der Waals surface area contributed by atoms with Crippen molar-refractivity contribution < 1.29 is 5.11 Å². The molecule has 1 aromatic rings. The quantitative estimate of drug-likeness (QED) is 0.557. The van der Waals surface area contributed by atoms with E-state index in [-0.39, 0.29) is 12.1 Å². The highest BCUT2D eigenvalue weighted by molar-refractivity contribution is 7.99. The van der Waals surface area contributed by atoms with Gasteiger partial charge in [0.25, 0.3) is 0 Å². The molecule has 0 aromatic carbocycles. The van der Waals surface area contributed by atoms with Crippen molar-refractivity contribution in [2.24, 2.45) is 0 Å². The Balaban J connectivity index is 2.22. The molecule has 1 aromatic heterocycles. The average molecular weight is 241 g/mol. The van der Waals surface area contributed by atoms with Gasteiger partial charge in [0.2, 0.25) is 0 Å². The summed E-state index contributed by atoms with van der Waals surface area (Å²) in [4.78, 5) is 8.20. The highest BCUT2D eigenvalue weighted by atomic mass is 32.2. The number of thioether (sulfide) groups is 1. The number of aromatic nitrogens is 2. The first kappa shape index (κ1) is 13.4. The van der Waals surface area contributed by atoms with E-state index in [9.17, 15) is 5.11 Å². The normalized spacial score (nSPS) is 14.7. The Bertz CT molecular complexity index is 291. The minimum absolute atomic E-state index is 0.164. The molecule has 5 heteroatoms. The molecule has 2 N–H and O–H groups in total. The van der Waals surface area contributed by atoms with E-state index in [1.165, 1.54) is 0 Å². The number of aliphatic hydroxyl groups is 1. The monoisotopic (exact) mass is 241 g/mol. The number of nitrogens with zero attached hydrogens (tertiary/aromatic N) is 2. The molecule has 0 bridgehead atoms. The Morgan fingerprint density at radius 1 is 1.50 bits per heavy atom. The zero-order valence-corrected chi connectivity index (χ0v) is 10.6. The number of hydrogen-bond acceptors (Lipinski definition) is 5. The van der Waals surface area contributed by atoms with Gasteiger partial charge in [0, 0.05) is 17.9 Å². The summed E-state index contributed by atoms with van der Waals surface area (Å²) in [5, 5.41) is 13.3. The van der Waals surface area contributed by atoms with Crippen LogP contribution in [0.5, 0.6) is 0 Å². The number of rotatable bonds is 7. The molecule has 4 nitrogen and oxygen atoms in total. The van der Waals surface area contributed by atoms with E-state index in [2.05, 4.69) is 15.3 Å². The van der Waals surface area contributed by atoms with Gasteiger partial charge in [-0.05, 0) is 32.6 Å². The van der Waals surface area contributed by atoms with E-state index in [0.29, 0.717) is 0 Å². The average Bonchev–Trinajstić information content (AvgIpc) is 2.36. The Kier molecular flexibility index (Phi) is 5.73. The standard InChI is InChI=1S/C11H19N3OS/c1-11(9-15,12-2)4-3-7-16-10-8-13-5-6-14-10/h5-6,8,12,15H,3-4,7,9H2,1-2H3. The van der Waals surface area contributed by atoms with Crippen molar-refractivity contribution >= 4 is 11.8 Å². The molecule has 1 rings (SSSR count). The maximum atomic E-state index is 9.21. The van der Waals surface area contributed by atoms with Gasteiger partial charge in [0.1, 0.15) is 5.03 Å². The molecule has 0 aliphatic rings. The van der Waals surface area contributed by atoms with Crippen LogP contribution in [0.1, 0.15) is 19.8 Å². The largest absolute Gasteiger partial charge is 0.394 e. The molecule has 0 spiro atoms. The summed E-state index contributed by atoms with van der Waals surface area (Å²) in [6, 6.07) is 0. The Morgan fingerprint density at radius 2 is 2.31 bits per heavy atom. The smallest absolute Gasteiger partial charge is 0.114 e. The topological polar surface area (TPSA) is 58.0 Å². The van der Waals surface area contributed by atoms with Crippen LogP contribution in [0.2, 0.25) is 0 Å². The summed E-state index contributed by atoms with van der Waals surface area (Å²) in [5.74, 6) is 0.996. The van der Waals surface area contributed by atoms with Gasteiger partial charge in [-0.2, -0.15) is 0 Å². The third-order valence-corrected chi connectivity index (χ3v) is 3.61. The maximum Gasteiger partial charge on any atom is 0.114 e. The van der Waals surface area contributed by atoms with Crippen molar-refractivity contribution in [2.75, 3.05) is 19.4 Å². The summed E-state index contributed by atoms with van der Waals surface area (Å²) < 4.78 is 0. The molecule has 0 aliphatic heterocycles. The van der Waals surface area contributed by atoms with Crippen molar-refractivity contribution in [3.05, 3.63) is 18.6 Å². The van der Waals surface area contributed by atoms with Crippen LogP contribution in [0.25, 0.3) is 0 Å². The van der Waals surface area contributed by atoms with Gasteiger partial charge in [-0.15, -0.1) is 11.8 Å². The lowest BCUT2D eigenvalue weighted by Gasteiger charge is -2.26. The predicted molar refractivity (Wildman–Crippen MR) is 66.5 cm³/mol. The van der Waals surface area contributed by atoms with E-state index in [4.69, 9.17) is 0 Å². The third-order valence-electron chi connectivity index (χ3n) is 2.61. The predicted octanol–water partition coefficient (Wildman–Crippen LogP) is 1.32. The Morgan fingerprint density at radius 3 is 2.88 bits per heavy atom. The SMILES string of the molecule is CNC(C)(CO)CCCSc1cnccn1. The fourth-order valence-electron chi connectivity index (χ4n) is 1.28. The molecule has 90 valence electrons. The molecular weight excluding hydrogens is 222 g/mol. The summed E-state index contributed by atoms with van der Waals surface area (Å²) in [5.41, 5.74) is -0.164. The number of nitrogens with one attached hydrogen (secondary N) is 1. The second kappa shape index (κ2) is 6.83. The minimum Gasteiger partial charge on any atom is -0.394 e. The van der Waals surface area contributed by atoms with E-state index >= 15 is 0 Å². The first-order chi connectivity index (χ1) is 7.70. The number of hydrogen-bond donors (Lipinski definition) is 2. The second-order valence-corrected chi connectivity index (χ2v) is 5.08. The molecule has 0 saturated carbocycles. The first-order valence-electron chi connectivity index (χ1n) is 5.39. The summed E-state index contributed by atoms with van der Waals surface area (Å²) >= 11 is 1.70. The van der Waals surface area contributed by atoms with E-state index in [1.807, 2.05) is 14.0 Å². The Hall–Kier alpha value is -0.650. The molecule has 0 fully saturated rings. The van der Waals surface area contributed by atoms with Crippen LogP contribution in [-0.2, 0) is 0 Å². The van der Waals surface area contributed by atoms with E-state index < -0.39 is 0 Å². The van der Waals surface area contributed by atoms with Gasteiger partial charge in [0.05, 0.1) is 12.8 Å². The second-order valence-electron chi connectivity index (χ2n) is 3.96. The molecule has 1 heterocycles. The van der Waals surface area contributed by atoms with Gasteiger partial charge in [-0.25, -0.2) is 4.98 Å². The third kappa shape index (κ3) is 4.47. The molecule has 0 amide bonds. The molecule has 0 saturated heterocycles. The fraction of sp³-hybridized carbons (Fsp3) is 0.636. The van der Waals surface area contributed by atoms with Crippen LogP contribution in [0, 0.1) is 0 Å². The summed E-state index contributed by atoms with van der Waals surface area (Å²) in [6.07, 6.45) is 7.14. The lowest BCUT2D eigenvalue weighted by molar-refractivity contribution is 0.173.